The smallest absolute Gasteiger partial charge is 0.427 e. The van der Waals surface area contributed by atoms with Crippen LogP contribution in [0.3, 0.4) is 0 Å². The Balaban J connectivity index is 2.81. The molecule has 17 heavy (non-hydrogen) atoms. The van der Waals surface area contributed by atoms with Gasteiger partial charge in [-0.3, -0.25) is 0 Å². The van der Waals surface area contributed by atoms with Gasteiger partial charge in [0.1, 0.15) is 0 Å². The van der Waals surface area contributed by atoms with Crippen molar-refractivity contribution in [3.05, 3.63) is 28.8 Å². The molecule has 0 spiro atoms. The van der Waals surface area contributed by atoms with Crippen molar-refractivity contribution in [1.29, 1.82) is 0 Å². The number of amides is 1. The number of anilines is 1. The van der Waals surface area contributed by atoms with Gasteiger partial charge in [0.2, 0.25) is 0 Å². The minimum Gasteiger partial charge on any atom is -0.449 e. The lowest BCUT2D eigenvalue weighted by atomic mass is 10.1. The van der Waals surface area contributed by atoms with Gasteiger partial charge in [0.15, 0.2) is 0 Å². The van der Waals surface area contributed by atoms with Crippen LogP contribution in [0.5, 0.6) is 0 Å². The average molecular weight is 256 g/mol. The second-order valence-corrected chi connectivity index (χ2v) is 3.70. The van der Waals surface area contributed by atoms with Crippen LogP contribution in [0.1, 0.15) is 19.4 Å². The zero-order chi connectivity index (χ0) is 12.8. The molecule has 1 aromatic rings. The molecule has 0 radical (unpaired) electrons. The van der Waals surface area contributed by atoms with E-state index in [9.17, 15) is 4.79 Å². The van der Waals surface area contributed by atoms with Gasteiger partial charge in [-0.05, 0) is 32.0 Å². The third kappa shape index (κ3) is 3.96. The molecule has 0 heterocycles. The number of nitrogens with one attached hydrogen (secondary N) is 1. The lowest BCUT2D eigenvalue weighted by Crippen LogP contribution is -2.20. The maximum Gasteiger partial charge on any atom is 0.427 e. The van der Waals surface area contributed by atoms with E-state index >= 15 is 0 Å². The Bertz CT molecular complexity index is 446. The minimum absolute atomic E-state index is 0.291. The monoisotopic (exact) mass is 255 g/mol. The first kappa shape index (κ1) is 13.3. The van der Waals surface area contributed by atoms with Crippen LogP contribution in [0.4, 0.5) is 10.5 Å². The lowest BCUT2D eigenvalue weighted by molar-refractivity contribution is 0.152. The zero-order valence-electron chi connectivity index (χ0n) is 9.66. The van der Waals surface area contributed by atoms with E-state index in [1.54, 1.807) is 32.0 Å². The highest BCUT2D eigenvalue weighted by molar-refractivity contribution is 6.31. The first-order valence-electron chi connectivity index (χ1n) is 5.07. The number of halogens is 1. The van der Waals surface area contributed by atoms with Crippen molar-refractivity contribution in [2.24, 2.45) is 5.10 Å². The van der Waals surface area contributed by atoms with E-state index in [2.05, 4.69) is 15.3 Å². The van der Waals surface area contributed by atoms with E-state index in [1.807, 2.05) is 0 Å². The van der Waals surface area contributed by atoms with E-state index in [4.69, 9.17) is 17.3 Å². The summed E-state index contributed by atoms with van der Waals surface area (Å²) < 4.78 is 4.67. The van der Waals surface area contributed by atoms with E-state index in [1.165, 1.54) is 0 Å². The fourth-order valence-electron chi connectivity index (χ4n) is 1.19. The number of carbonyl (C=O) groups is 1. The van der Waals surface area contributed by atoms with Gasteiger partial charge < -0.3 is 10.5 Å². The second-order valence-electron chi connectivity index (χ2n) is 3.26. The summed E-state index contributed by atoms with van der Waals surface area (Å²) in [6.07, 6.45) is -0.604. The maximum atomic E-state index is 11.0. The van der Waals surface area contributed by atoms with Crippen molar-refractivity contribution in [2.75, 3.05) is 12.3 Å². The molecule has 0 unspecified atom stereocenters. The Morgan fingerprint density at radius 1 is 1.59 bits per heavy atom. The van der Waals surface area contributed by atoms with Gasteiger partial charge in [0.25, 0.3) is 0 Å². The predicted molar refractivity (Wildman–Crippen MR) is 68.2 cm³/mol. The molecule has 1 rings (SSSR count). The molecule has 0 saturated heterocycles. The second kappa shape index (κ2) is 6.10. The Hall–Kier alpha value is -1.75. The van der Waals surface area contributed by atoms with Crippen LogP contribution in [0.2, 0.25) is 5.02 Å². The number of benzene rings is 1. The van der Waals surface area contributed by atoms with Gasteiger partial charge in [-0.2, -0.15) is 5.10 Å². The molecule has 1 aromatic carbocycles. The fraction of sp³-hybridized carbons (Fsp3) is 0.273. The van der Waals surface area contributed by atoms with Gasteiger partial charge in [-0.25, -0.2) is 10.2 Å². The van der Waals surface area contributed by atoms with E-state index in [0.717, 1.165) is 0 Å². The Morgan fingerprint density at radius 3 is 2.94 bits per heavy atom. The molecular formula is C11H14ClN3O2. The molecule has 0 aliphatic heterocycles. The summed E-state index contributed by atoms with van der Waals surface area (Å²) in [5, 5.41) is 4.42. The number of ether oxygens (including phenoxy) is 1. The van der Waals surface area contributed by atoms with Crippen LogP contribution in [0.15, 0.2) is 23.3 Å². The van der Waals surface area contributed by atoms with Crippen molar-refractivity contribution in [3.63, 3.8) is 0 Å². The molecule has 0 bridgehead atoms. The molecule has 0 aliphatic carbocycles. The normalized spacial score (nSPS) is 11.1. The number of hydrogen-bond acceptors (Lipinski definition) is 4. The number of nitrogens with zero attached hydrogens (tertiary/aromatic N) is 1. The van der Waals surface area contributed by atoms with Crippen LogP contribution in [-0.2, 0) is 4.74 Å². The van der Waals surface area contributed by atoms with Gasteiger partial charge >= 0.3 is 6.09 Å². The molecule has 3 N–H and O–H groups in total. The first-order valence-corrected chi connectivity index (χ1v) is 5.44. The number of rotatable bonds is 3. The summed E-state index contributed by atoms with van der Waals surface area (Å²) in [5.41, 5.74) is 9.80. The van der Waals surface area contributed by atoms with Crippen molar-refractivity contribution in [3.8, 4) is 0 Å². The molecule has 0 saturated carbocycles. The van der Waals surface area contributed by atoms with Crippen molar-refractivity contribution >= 4 is 29.1 Å². The number of carbonyl (C=O) groups excluding carboxylic acids is 1. The van der Waals surface area contributed by atoms with E-state index in [-0.39, 0.29) is 0 Å². The summed E-state index contributed by atoms with van der Waals surface area (Å²) in [6, 6.07) is 5.05. The van der Waals surface area contributed by atoms with Crippen LogP contribution in [0.25, 0.3) is 0 Å². The zero-order valence-corrected chi connectivity index (χ0v) is 10.4. The van der Waals surface area contributed by atoms with Gasteiger partial charge in [-0.15, -0.1) is 0 Å². The third-order valence-corrected chi connectivity index (χ3v) is 2.23. The van der Waals surface area contributed by atoms with Crippen LogP contribution in [-0.4, -0.2) is 18.4 Å². The van der Waals surface area contributed by atoms with Gasteiger partial charge in [-0.1, -0.05) is 11.6 Å². The maximum absolute atomic E-state index is 11.0. The molecule has 6 heteroatoms. The number of nitrogens with two attached hydrogens (primary N) is 1. The largest absolute Gasteiger partial charge is 0.449 e. The molecular weight excluding hydrogens is 242 g/mol. The van der Waals surface area contributed by atoms with Crippen LogP contribution >= 0.6 is 11.6 Å². The molecule has 1 amide bonds. The van der Waals surface area contributed by atoms with Gasteiger partial charge in [0, 0.05) is 16.3 Å². The molecule has 5 nitrogen and oxygen atoms in total. The quantitative estimate of drug-likeness (QED) is 0.495. The Kier molecular flexibility index (Phi) is 4.78. The summed E-state index contributed by atoms with van der Waals surface area (Å²) in [7, 11) is 0. The van der Waals surface area contributed by atoms with Crippen molar-refractivity contribution in [2.45, 2.75) is 13.8 Å². The molecule has 92 valence electrons. The number of hydrazone groups is 1. The Labute approximate surface area is 105 Å². The lowest BCUT2D eigenvalue weighted by Gasteiger charge is -2.06. The molecule has 0 aliphatic rings. The number of hydrogen-bond donors (Lipinski definition) is 2. The average Bonchev–Trinajstić information content (AvgIpc) is 2.29. The topological polar surface area (TPSA) is 76.7 Å². The predicted octanol–water partition coefficient (Wildman–Crippen LogP) is 2.39. The molecule has 0 atom stereocenters. The third-order valence-electron chi connectivity index (χ3n) is 2.00. The minimum atomic E-state index is -0.604. The summed E-state index contributed by atoms with van der Waals surface area (Å²) in [4.78, 5) is 11.0. The highest BCUT2D eigenvalue weighted by atomic mass is 35.5. The summed E-state index contributed by atoms with van der Waals surface area (Å²) in [6.45, 7) is 3.72. The van der Waals surface area contributed by atoms with Crippen LogP contribution < -0.4 is 11.2 Å². The van der Waals surface area contributed by atoms with E-state index < -0.39 is 6.09 Å². The molecule has 0 aromatic heterocycles. The highest BCUT2D eigenvalue weighted by Gasteiger charge is 2.05. The van der Waals surface area contributed by atoms with Crippen molar-refractivity contribution < 1.29 is 9.53 Å². The van der Waals surface area contributed by atoms with Gasteiger partial charge in [0.05, 0.1) is 12.3 Å². The fourth-order valence-corrected chi connectivity index (χ4v) is 1.37. The van der Waals surface area contributed by atoms with Crippen LogP contribution in [0, 0.1) is 0 Å². The Morgan fingerprint density at radius 2 is 2.29 bits per heavy atom. The summed E-state index contributed by atoms with van der Waals surface area (Å²) >= 11 is 5.85. The summed E-state index contributed by atoms with van der Waals surface area (Å²) in [5.74, 6) is 0. The molecule has 0 fully saturated rings. The van der Waals surface area contributed by atoms with Crippen molar-refractivity contribution in [1.82, 2.24) is 5.43 Å². The standard InChI is InChI=1S/C11H14ClN3O2/c1-3-17-11(16)15-14-7(2)9-6-8(12)4-5-10(9)13/h4-6H,3,13H2,1-2H3,(H,15,16)/b14-7+. The SMILES string of the molecule is CCOC(=O)N/N=C(\C)c1cc(Cl)ccc1N. The number of nitrogen functional groups attached to an aromatic ring is 1. The first-order chi connectivity index (χ1) is 8.04. The van der Waals surface area contributed by atoms with E-state index in [0.29, 0.717) is 28.6 Å². The highest BCUT2D eigenvalue weighted by Crippen LogP contribution is 2.18.